The SMILES string of the molecule is C=CCN(CCC)C(=O)N(C)c1ccccc1C(=O)O. The molecule has 0 aromatic heterocycles. The summed E-state index contributed by atoms with van der Waals surface area (Å²) in [6, 6.07) is 6.22. The van der Waals surface area contributed by atoms with E-state index >= 15 is 0 Å². The minimum atomic E-state index is -1.05. The number of amides is 2. The first-order valence-electron chi connectivity index (χ1n) is 6.48. The van der Waals surface area contributed by atoms with Gasteiger partial charge in [-0.05, 0) is 18.6 Å². The Morgan fingerprint density at radius 3 is 2.55 bits per heavy atom. The van der Waals surface area contributed by atoms with Gasteiger partial charge in [-0.2, -0.15) is 0 Å². The van der Waals surface area contributed by atoms with Crippen LogP contribution in [0.5, 0.6) is 0 Å². The van der Waals surface area contributed by atoms with E-state index in [0.717, 1.165) is 6.42 Å². The number of hydrogen-bond donors (Lipinski definition) is 1. The molecule has 0 heterocycles. The van der Waals surface area contributed by atoms with E-state index in [1.165, 1.54) is 11.0 Å². The Kier molecular flexibility index (Phi) is 5.77. The molecule has 0 bridgehead atoms. The van der Waals surface area contributed by atoms with Crippen LogP contribution in [0, 0.1) is 0 Å². The summed E-state index contributed by atoms with van der Waals surface area (Å²) in [4.78, 5) is 26.6. The van der Waals surface area contributed by atoms with Gasteiger partial charge in [0.25, 0.3) is 0 Å². The van der Waals surface area contributed by atoms with Crippen molar-refractivity contribution in [2.45, 2.75) is 13.3 Å². The second-order valence-electron chi connectivity index (χ2n) is 4.40. The fourth-order valence-electron chi connectivity index (χ4n) is 1.95. The van der Waals surface area contributed by atoms with E-state index in [1.807, 2.05) is 6.92 Å². The normalized spacial score (nSPS) is 9.90. The summed E-state index contributed by atoms with van der Waals surface area (Å²) in [7, 11) is 1.58. The lowest BCUT2D eigenvalue weighted by Crippen LogP contribution is -2.42. The fraction of sp³-hybridized carbons (Fsp3) is 0.333. The lowest BCUT2D eigenvalue weighted by Gasteiger charge is -2.27. The number of anilines is 1. The quantitative estimate of drug-likeness (QED) is 0.813. The first kappa shape index (κ1) is 15.8. The summed E-state index contributed by atoms with van der Waals surface area (Å²) in [6.45, 7) is 6.66. The van der Waals surface area contributed by atoms with Crippen LogP contribution in [0.15, 0.2) is 36.9 Å². The smallest absolute Gasteiger partial charge is 0.337 e. The maximum Gasteiger partial charge on any atom is 0.337 e. The number of carbonyl (C=O) groups is 2. The Hall–Kier alpha value is -2.30. The van der Waals surface area contributed by atoms with Gasteiger partial charge in [-0.1, -0.05) is 25.1 Å². The number of para-hydroxylation sites is 1. The minimum Gasteiger partial charge on any atom is -0.478 e. The molecule has 5 nitrogen and oxygen atoms in total. The zero-order valence-corrected chi connectivity index (χ0v) is 11.9. The van der Waals surface area contributed by atoms with Gasteiger partial charge in [-0.3, -0.25) is 4.90 Å². The molecule has 0 aliphatic rings. The van der Waals surface area contributed by atoms with E-state index in [2.05, 4.69) is 6.58 Å². The Morgan fingerprint density at radius 2 is 2.00 bits per heavy atom. The average Bonchev–Trinajstić information content (AvgIpc) is 2.45. The van der Waals surface area contributed by atoms with Crippen LogP contribution in [0.3, 0.4) is 0 Å². The average molecular weight is 276 g/mol. The van der Waals surface area contributed by atoms with Gasteiger partial charge in [0, 0.05) is 20.1 Å². The molecule has 2 amide bonds. The monoisotopic (exact) mass is 276 g/mol. The van der Waals surface area contributed by atoms with Gasteiger partial charge in [0.2, 0.25) is 0 Å². The number of benzene rings is 1. The molecule has 0 unspecified atom stereocenters. The molecule has 1 aromatic carbocycles. The Balaban J connectivity index is 3.04. The number of hydrogen-bond acceptors (Lipinski definition) is 2. The Labute approximate surface area is 119 Å². The van der Waals surface area contributed by atoms with Crippen molar-refractivity contribution in [3.05, 3.63) is 42.5 Å². The standard InChI is InChI=1S/C15H20N2O3/c1-4-10-17(11-5-2)15(20)16(3)13-9-7-6-8-12(13)14(18)19/h4,6-9H,1,5,10-11H2,2-3H3,(H,18,19). The topological polar surface area (TPSA) is 60.9 Å². The summed E-state index contributed by atoms with van der Waals surface area (Å²) >= 11 is 0. The number of nitrogens with zero attached hydrogens (tertiary/aromatic N) is 2. The molecule has 1 rings (SSSR count). The van der Waals surface area contributed by atoms with Crippen molar-refractivity contribution in [2.24, 2.45) is 0 Å². The molecule has 0 aliphatic carbocycles. The largest absolute Gasteiger partial charge is 0.478 e. The van der Waals surface area contributed by atoms with Crippen LogP contribution < -0.4 is 4.90 Å². The molecule has 0 saturated heterocycles. The third-order valence-electron chi connectivity index (χ3n) is 2.90. The van der Waals surface area contributed by atoms with Crippen LogP contribution in [-0.2, 0) is 0 Å². The highest BCUT2D eigenvalue weighted by Gasteiger charge is 2.21. The molecule has 20 heavy (non-hydrogen) atoms. The third kappa shape index (κ3) is 3.60. The van der Waals surface area contributed by atoms with E-state index in [4.69, 9.17) is 0 Å². The molecule has 0 fully saturated rings. The zero-order valence-electron chi connectivity index (χ0n) is 11.9. The predicted molar refractivity (Wildman–Crippen MR) is 79.3 cm³/mol. The minimum absolute atomic E-state index is 0.110. The van der Waals surface area contributed by atoms with Crippen molar-refractivity contribution in [1.82, 2.24) is 4.90 Å². The first-order chi connectivity index (χ1) is 9.52. The van der Waals surface area contributed by atoms with Gasteiger partial charge in [0.05, 0.1) is 11.3 Å². The fourth-order valence-corrected chi connectivity index (χ4v) is 1.95. The summed E-state index contributed by atoms with van der Waals surface area (Å²) in [5, 5.41) is 9.17. The van der Waals surface area contributed by atoms with Crippen molar-refractivity contribution in [2.75, 3.05) is 25.0 Å². The molecular formula is C15H20N2O3. The van der Waals surface area contributed by atoms with Crippen LogP contribution >= 0.6 is 0 Å². The van der Waals surface area contributed by atoms with Crippen molar-refractivity contribution >= 4 is 17.7 Å². The molecule has 5 heteroatoms. The molecular weight excluding hydrogens is 256 g/mol. The van der Waals surface area contributed by atoms with Crippen LogP contribution in [0.1, 0.15) is 23.7 Å². The second kappa shape index (κ2) is 7.33. The molecule has 1 aromatic rings. The van der Waals surface area contributed by atoms with Crippen molar-refractivity contribution in [1.29, 1.82) is 0 Å². The maximum absolute atomic E-state index is 12.4. The maximum atomic E-state index is 12.4. The van der Waals surface area contributed by atoms with E-state index in [1.54, 1.807) is 36.2 Å². The van der Waals surface area contributed by atoms with Crippen molar-refractivity contribution in [3.63, 3.8) is 0 Å². The summed E-state index contributed by atoms with van der Waals surface area (Å²) < 4.78 is 0. The van der Waals surface area contributed by atoms with Gasteiger partial charge in [0.1, 0.15) is 0 Å². The first-order valence-corrected chi connectivity index (χ1v) is 6.48. The molecule has 0 spiro atoms. The molecule has 1 N–H and O–H groups in total. The van der Waals surface area contributed by atoms with Crippen LogP contribution in [0.25, 0.3) is 0 Å². The van der Waals surface area contributed by atoms with E-state index in [9.17, 15) is 14.7 Å². The Bertz CT molecular complexity index is 500. The highest BCUT2D eigenvalue weighted by Crippen LogP contribution is 2.20. The number of carboxylic acids is 1. The highest BCUT2D eigenvalue weighted by molar-refractivity contribution is 6.01. The third-order valence-corrected chi connectivity index (χ3v) is 2.90. The van der Waals surface area contributed by atoms with Crippen LogP contribution in [-0.4, -0.2) is 42.1 Å². The lowest BCUT2D eigenvalue weighted by molar-refractivity contribution is 0.0697. The van der Waals surface area contributed by atoms with E-state index < -0.39 is 5.97 Å². The van der Waals surface area contributed by atoms with Gasteiger partial charge in [0.15, 0.2) is 0 Å². The van der Waals surface area contributed by atoms with Crippen LogP contribution in [0.2, 0.25) is 0 Å². The van der Waals surface area contributed by atoms with Gasteiger partial charge < -0.3 is 10.0 Å². The lowest BCUT2D eigenvalue weighted by atomic mass is 10.1. The Morgan fingerprint density at radius 1 is 1.35 bits per heavy atom. The molecule has 0 aliphatic heterocycles. The van der Waals surface area contributed by atoms with E-state index in [0.29, 0.717) is 18.8 Å². The summed E-state index contributed by atoms with van der Waals surface area (Å²) in [6.07, 6.45) is 2.48. The zero-order chi connectivity index (χ0) is 15.1. The second-order valence-corrected chi connectivity index (χ2v) is 4.40. The molecule has 108 valence electrons. The highest BCUT2D eigenvalue weighted by atomic mass is 16.4. The molecule has 0 radical (unpaired) electrons. The van der Waals surface area contributed by atoms with Crippen molar-refractivity contribution < 1.29 is 14.7 Å². The van der Waals surface area contributed by atoms with Gasteiger partial charge in [-0.25, -0.2) is 9.59 Å². The number of carbonyl (C=O) groups excluding carboxylic acids is 1. The number of rotatable bonds is 6. The van der Waals surface area contributed by atoms with Gasteiger partial charge >= 0.3 is 12.0 Å². The van der Waals surface area contributed by atoms with Crippen molar-refractivity contribution in [3.8, 4) is 0 Å². The molecule has 0 atom stereocenters. The predicted octanol–water partition coefficient (Wildman–Crippen LogP) is 2.84. The van der Waals surface area contributed by atoms with Gasteiger partial charge in [-0.15, -0.1) is 6.58 Å². The number of carboxylic acid groups (broad SMARTS) is 1. The summed E-state index contributed by atoms with van der Waals surface area (Å²) in [5.41, 5.74) is 0.494. The molecule has 0 saturated carbocycles. The number of aromatic carboxylic acids is 1. The summed E-state index contributed by atoms with van der Waals surface area (Å²) in [5.74, 6) is -1.05. The number of urea groups is 1. The van der Waals surface area contributed by atoms with Crippen LogP contribution in [0.4, 0.5) is 10.5 Å². The van der Waals surface area contributed by atoms with E-state index in [-0.39, 0.29) is 11.6 Å².